The molecule has 37 heavy (non-hydrogen) atoms. The molecular weight excluding hydrogens is 486 g/mol. The molecule has 2 aliphatic rings. The van der Waals surface area contributed by atoms with Crippen molar-refractivity contribution in [3.63, 3.8) is 0 Å². The monoisotopic (exact) mass is 523 g/mol. The van der Waals surface area contributed by atoms with Crippen LogP contribution in [0.4, 0.5) is 0 Å². The van der Waals surface area contributed by atoms with Crippen molar-refractivity contribution >= 4 is 23.9 Å². The third-order valence-electron chi connectivity index (χ3n) is 5.75. The topological polar surface area (TPSA) is 170 Å². The first-order chi connectivity index (χ1) is 17.6. The molecule has 206 valence electrons. The Hall–Kier alpha value is -3.06. The van der Waals surface area contributed by atoms with Gasteiger partial charge in [-0.25, -0.2) is 14.6 Å². The van der Waals surface area contributed by atoms with E-state index in [2.05, 4.69) is 23.7 Å². The largest absolute Gasteiger partial charge is 0.479 e. The van der Waals surface area contributed by atoms with Gasteiger partial charge in [-0.15, -0.1) is 0 Å². The summed E-state index contributed by atoms with van der Waals surface area (Å²) in [5, 5.41) is 32.5. The maximum absolute atomic E-state index is 12.1. The van der Waals surface area contributed by atoms with Crippen LogP contribution in [0.25, 0.3) is 6.08 Å². The number of rotatable bonds is 9. The van der Waals surface area contributed by atoms with Crippen LogP contribution in [0.2, 0.25) is 0 Å². The molecule has 12 nitrogen and oxygen atoms in total. The highest BCUT2D eigenvalue weighted by Gasteiger charge is 2.29. The Morgan fingerprint density at radius 1 is 1.05 bits per heavy atom. The van der Waals surface area contributed by atoms with Crippen molar-refractivity contribution in [2.75, 3.05) is 45.9 Å². The number of aliphatic carboxylic acids is 2. The van der Waals surface area contributed by atoms with E-state index < -0.39 is 24.1 Å². The number of likely N-dealkylation sites (tertiary alicyclic amines) is 1. The minimum Gasteiger partial charge on any atom is -0.479 e. The first-order valence-electron chi connectivity index (χ1n) is 12.3. The molecule has 1 amide bonds. The number of carbonyl (C=O) groups excluding carboxylic acids is 1. The van der Waals surface area contributed by atoms with E-state index >= 15 is 0 Å². The molecule has 2 saturated heterocycles. The number of aromatic nitrogens is 1. The molecule has 1 aromatic heterocycles. The van der Waals surface area contributed by atoms with E-state index in [4.69, 9.17) is 29.9 Å². The molecule has 0 radical (unpaired) electrons. The smallest absolute Gasteiger partial charge is 0.335 e. The lowest BCUT2D eigenvalue weighted by atomic mass is 10.1. The van der Waals surface area contributed by atoms with Crippen LogP contribution in [0.5, 0.6) is 5.88 Å². The Morgan fingerprint density at radius 2 is 1.65 bits per heavy atom. The quantitative estimate of drug-likeness (QED) is 0.329. The van der Waals surface area contributed by atoms with Crippen molar-refractivity contribution in [3.05, 3.63) is 30.0 Å². The summed E-state index contributed by atoms with van der Waals surface area (Å²) in [6, 6.07) is 3.83. The van der Waals surface area contributed by atoms with Gasteiger partial charge in [0.15, 0.2) is 12.2 Å². The average Bonchev–Trinajstić information content (AvgIpc) is 2.88. The van der Waals surface area contributed by atoms with Gasteiger partial charge in [-0.1, -0.05) is 13.8 Å². The molecule has 3 rings (SSSR count). The van der Waals surface area contributed by atoms with Crippen molar-refractivity contribution < 1.29 is 44.3 Å². The van der Waals surface area contributed by atoms with E-state index in [1.165, 1.54) is 0 Å². The number of ether oxygens (including phenoxy) is 2. The predicted molar refractivity (Wildman–Crippen MR) is 133 cm³/mol. The Bertz CT molecular complexity index is 875. The van der Waals surface area contributed by atoms with Gasteiger partial charge in [-0.2, -0.15) is 0 Å². The highest BCUT2D eigenvalue weighted by atomic mass is 16.5. The third-order valence-corrected chi connectivity index (χ3v) is 5.75. The van der Waals surface area contributed by atoms with Crippen LogP contribution in [0.1, 0.15) is 32.3 Å². The predicted octanol–water partition coefficient (Wildman–Crippen LogP) is 0.330. The van der Waals surface area contributed by atoms with Gasteiger partial charge in [0.2, 0.25) is 11.8 Å². The van der Waals surface area contributed by atoms with E-state index in [0.717, 1.165) is 38.0 Å². The lowest BCUT2D eigenvalue weighted by molar-refractivity contribution is -0.165. The molecular formula is C25H37N3O9. The number of hydrogen-bond acceptors (Lipinski definition) is 9. The first-order valence-corrected chi connectivity index (χ1v) is 12.3. The number of carboxylic acids is 2. The molecule has 2 atom stereocenters. The molecule has 2 fully saturated rings. The van der Waals surface area contributed by atoms with Crippen molar-refractivity contribution in [1.82, 2.24) is 14.8 Å². The number of piperidine rings is 1. The van der Waals surface area contributed by atoms with E-state index in [1.807, 2.05) is 12.1 Å². The lowest BCUT2D eigenvalue weighted by Crippen LogP contribution is -2.40. The Morgan fingerprint density at radius 3 is 2.14 bits per heavy atom. The Balaban J connectivity index is 0.000000410. The average molecular weight is 524 g/mol. The lowest BCUT2D eigenvalue weighted by Gasteiger charge is -2.32. The summed E-state index contributed by atoms with van der Waals surface area (Å²) in [6.45, 7) is 10.4. The molecule has 12 heteroatoms. The second-order valence-corrected chi connectivity index (χ2v) is 9.28. The molecule has 3 heterocycles. The van der Waals surface area contributed by atoms with E-state index in [9.17, 15) is 14.4 Å². The standard InChI is InChI=1S/C21H31N3O3.C4H6O6/c1-17(2)16-23-9-7-19(8-10-23)27-20-5-3-18(15-22-20)4-6-21(25)24-11-13-26-14-12-24;5-1(3(7)8)2(6)4(9)10/h3-6,15,17,19H,7-14,16H2,1-2H3;1-2,5-6H,(H,7,8)(H,9,10)/b6-4+;/t;1-,2-/m.1/s1. The number of aliphatic hydroxyl groups excluding tert-OH is 2. The minimum absolute atomic E-state index is 0.0202. The number of carboxylic acid groups (broad SMARTS) is 2. The van der Waals surface area contributed by atoms with Gasteiger partial charge in [-0.3, -0.25) is 4.79 Å². The van der Waals surface area contributed by atoms with Crippen LogP contribution in [0.3, 0.4) is 0 Å². The second-order valence-electron chi connectivity index (χ2n) is 9.28. The first kappa shape index (κ1) is 30.2. The van der Waals surface area contributed by atoms with Gasteiger partial charge in [0, 0.05) is 51.1 Å². The van der Waals surface area contributed by atoms with Gasteiger partial charge in [-0.05, 0) is 36.5 Å². The van der Waals surface area contributed by atoms with Gasteiger partial charge in [0.25, 0.3) is 0 Å². The van der Waals surface area contributed by atoms with Crippen LogP contribution in [-0.4, -0.2) is 117 Å². The van der Waals surface area contributed by atoms with E-state index in [-0.39, 0.29) is 12.0 Å². The zero-order valence-electron chi connectivity index (χ0n) is 21.2. The normalized spacial score (nSPS) is 18.7. The van der Waals surface area contributed by atoms with Crippen molar-refractivity contribution in [3.8, 4) is 5.88 Å². The summed E-state index contributed by atoms with van der Waals surface area (Å²) in [7, 11) is 0. The van der Waals surface area contributed by atoms with Crippen molar-refractivity contribution in [1.29, 1.82) is 0 Å². The fourth-order valence-electron chi connectivity index (χ4n) is 3.78. The van der Waals surface area contributed by atoms with Gasteiger partial charge >= 0.3 is 11.9 Å². The summed E-state index contributed by atoms with van der Waals surface area (Å²) >= 11 is 0. The molecule has 0 spiro atoms. The highest BCUT2D eigenvalue weighted by Crippen LogP contribution is 2.18. The minimum atomic E-state index is -2.27. The number of amides is 1. The fourth-order valence-corrected chi connectivity index (χ4v) is 3.78. The number of aliphatic hydroxyl groups is 2. The second kappa shape index (κ2) is 15.3. The summed E-state index contributed by atoms with van der Waals surface area (Å²) in [5.41, 5.74) is 0.899. The maximum Gasteiger partial charge on any atom is 0.335 e. The summed E-state index contributed by atoms with van der Waals surface area (Å²) in [5.74, 6) is -2.15. The summed E-state index contributed by atoms with van der Waals surface area (Å²) < 4.78 is 11.3. The molecule has 4 N–H and O–H groups in total. The summed E-state index contributed by atoms with van der Waals surface area (Å²) in [4.78, 5) is 40.4. The molecule has 2 aliphatic heterocycles. The van der Waals surface area contributed by atoms with Crippen LogP contribution < -0.4 is 4.74 Å². The molecule has 0 bridgehead atoms. The van der Waals surface area contributed by atoms with Gasteiger partial charge in [0.05, 0.1) is 13.2 Å². The number of hydrogen-bond donors (Lipinski definition) is 4. The van der Waals surface area contributed by atoms with Crippen molar-refractivity contribution in [2.24, 2.45) is 5.92 Å². The van der Waals surface area contributed by atoms with Crippen LogP contribution in [0.15, 0.2) is 24.4 Å². The van der Waals surface area contributed by atoms with Crippen LogP contribution in [0, 0.1) is 5.92 Å². The Labute approximate surface area is 216 Å². The highest BCUT2D eigenvalue weighted by molar-refractivity contribution is 5.91. The number of pyridine rings is 1. The maximum atomic E-state index is 12.1. The van der Waals surface area contributed by atoms with Gasteiger partial charge < -0.3 is 39.7 Å². The SMILES string of the molecule is CC(C)CN1CCC(Oc2ccc(/C=C/C(=O)N3CCOCC3)cn2)CC1.O=C(O)[C@H](O)[C@@H](O)C(=O)O. The number of carbonyl (C=O) groups is 3. The fraction of sp³-hybridized carbons (Fsp3) is 0.600. The number of morpholine rings is 1. The van der Waals surface area contributed by atoms with Crippen LogP contribution >= 0.6 is 0 Å². The zero-order chi connectivity index (χ0) is 27.4. The van der Waals surface area contributed by atoms with Gasteiger partial charge in [0.1, 0.15) is 6.10 Å². The van der Waals surface area contributed by atoms with E-state index in [0.29, 0.717) is 38.1 Å². The summed E-state index contributed by atoms with van der Waals surface area (Å²) in [6.07, 6.45) is 2.97. The molecule has 0 aromatic carbocycles. The zero-order valence-corrected chi connectivity index (χ0v) is 21.2. The molecule has 0 aliphatic carbocycles. The third kappa shape index (κ3) is 10.8. The van der Waals surface area contributed by atoms with Crippen molar-refractivity contribution in [2.45, 2.75) is 45.0 Å². The number of nitrogens with zero attached hydrogens (tertiary/aromatic N) is 3. The molecule has 1 aromatic rings. The molecule has 0 unspecified atom stereocenters. The molecule has 0 saturated carbocycles. The van der Waals surface area contributed by atoms with E-state index in [1.54, 1.807) is 23.2 Å². The Kier molecular flexibility index (Phi) is 12.4. The van der Waals surface area contributed by atoms with Crippen LogP contribution in [-0.2, 0) is 19.1 Å².